The van der Waals surface area contributed by atoms with E-state index in [9.17, 15) is 4.79 Å². The van der Waals surface area contributed by atoms with Gasteiger partial charge in [0.05, 0.1) is 19.8 Å². The molecular weight excluding hydrogens is 228 g/mol. The van der Waals surface area contributed by atoms with Gasteiger partial charge in [-0.1, -0.05) is 11.1 Å². The highest BCUT2D eigenvalue weighted by molar-refractivity contribution is 5.78. The van der Waals surface area contributed by atoms with Crippen LogP contribution in [0.15, 0.2) is 11.1 Å². The Morgan fingerprint density at radius 2 is 1.56 bits per heavy atom. The zero-order valence-electron chi connectivity index (χ0n) is 11.0. The Hall–Kier alpha value is -0.870. The first-order chi connectivity index (χ1) is 8.83. The van der Waals surface area contributed by atoms with Gasteiger partial charge in [0, 0.05) is 26.2 Å². The second kappa shape index (κ2) is 5.41. The normalized spacial score (nSPS) is 25.4. The standard InChI is InChI=1S/C14H22N2O2/c17-14(16-7-9-18-10-8-16)11-15-5-3-13(4-6-15)12-1-2-12/h1-11H2. The van der Waals surface area contributed by atoms with Crippen molar-refractivity contribution in [2.75, 3.05) is 45.9 Å². The molecule has 100 valence electrons. The largest absolute Gasteiger partial charge is 0.378 e. The van der Waals surface area contributed by atoms with Crippen LogP contribution in [-0.4, -0.2) is 61.6 Å². The molecule has 4 heteroatoms. The molecule has 3 aliphatic rings. The van der Waals surface area contributed by atoms with Gasteiger partial charge in [-0.15, -0.1) is 0 Å². The molecule has 2 saturated heterocycles. The van der Waals surface area contributed by atoms with Gasteiger partial charge in [-0.25, -0.2) is 0 Å². The van der Waals surface area contributed by atoms with Crippen LogP contribution in [0, 0.1) is 0 Å². The van der Waals surface area contributed by atoms with Crippen LogP contribution in [0.1, 0.15) is 25.7 Å². The van der Waals surface area contributed by atoms with Gasteiger partial charge in [0.1, 0.15) is 0 Å². The van der Waals surface area contributed by atoms with Crippen LogP contribution in [0.3, 0.4) is 0 Å². The molecule has 2 heterocycles. The fraction of sp³-hybridized carbons (Fsp3) is 0.786. The maximum absolute atomic E-state index is 12.1. The van der Waals surface area contributed by atoms with E-state index in [-0.39, 0.29) is 5.91 Å². The van der Waals surface area contributed by atoms with E-state index in [0.29, 0.717) is 19.8 Å². The van der Waals surface area contributed by atoms with Crippen molar-refractivity contribution in [3.63, 3.8) is 0 Å². The van der Waals surface area contributed by atoms with Crippen molar-refractivity contribution in [2.45, 2.75) is 25.7 Å². The number of hydrogen-bond donors (Lipinski definition) is 0. The lowest BCUT2D eigenvalue weighted by Crippen LogP contribution is -2.46. The summed E-state index contributed by atoms with van der Waals surface area (Å²) < 4.78 is 5.27. The first-order valence-electron chi connectivity index (χ1n) is 7.10. The molecule has 4 nitrogen and oxygen atoms in total. The number of rotatable bonds is 2. The van der Waals surface area contributed by atoms with Gasteiger partial charge in [-0.2, -0.15) is 0 Å². The molecule has 0 aromatic rings. The van der Waals surface area contributed by atoms with Crippen molar-refractivity contribution >= 4 is 5.91 Å². The first kappa shape index (κ1) is 12.2. The minimum absolute atomic E-state index is 0.279. The summed E-state index contributed by atoms with van der Waals surface area (Å²) in [6, 6.07) is 0. The van der Waals surface area contributed by atoms with Crippen LogP contribution in [0.25, 0.3) is 0 Å². The number of likely N-dealkylation sites (tertiary alicyclic amines) is 1. The predicted molar refractivity (Wildman–Crippen MR) is 69.3 cm³/mol. The third-order valence-corrected chi connectivity index (χ3v) is 4.18. The number of nitrogens with zero attached hydrogens (tertiary/aromatic N) is 2. The third-order valence-electron chi connectivity index (χ3n) is 4.18. The third kappa shape index (κ3) is 2.93. The average Bonchev–Trinajstić information content (AvgIpc) is 3.25. The average molecular weight is 250 g/mol. The van der Waals surface area contributed by atoms with E-state index in [1.54, 1.807) is 11.1 Å². The molecule has 0 bridgehead atoms. The summed E-state index contributed by atoms with van der Waals surface area (Å²) in [5.74, 6) is 0.279. The van der Waals surface area contributed by atoms with Crippen molar-refractivity contribution in [3.8, 4) is 0 Å². The van der Waals surface area contributed by atoms with Gasteiger partial charge in [0.15, 0.2) is 0 Å². The number of ether oxygens (including phenoxy) is 1. The predicted octanol–water partition coefficient (Wildman–Crippen LogP) is 1.03. The zero-order valence-corrected chi connectivity index (χ0v) is 11.0. The SMILES string of the molecule is O=C(CN1CCC(=C2CC2)CC1)N1CCOCC1. The van der Waals surface area contributed by atoms with Gasteiger partial charge in [-0.3, -0.25) is 9.69 Å². The quantitative estimate of drug-likeness (QED) is 0.686. The number of allylic oxidation sites excluding steroid dienone is 1. The molecule has 1 saturated carbocycles. The second-order valence-electron chi connectivity index (χ2n) is 5.48. The van der Waals surface area contributed by atoms with Crippen molar-refractivity contribution in [2.24, 2.45) is 0 Å². The Labute approximate surface area is 109 Å². The van der Waals surface area contributed by atoms with Crippen LogP contribution in [-0.2, 0) is 9.53 Å². The maximum Gasteiger partial charge on any atom is 0.236 e. The highest BCUT2D eigenvalue weighted by atomic mass is 16.5. The van der Waals surface area contributed by atoms with Gasteiger partial charge in [0.2, 0.25) is 5.91 Å². The topological polar surface area (TPSA) is 32.8 Å². The zero-order chi connectivity index (χ0) is 12.4. The second-order valence-corrected chi connectivity index (χ2v) is 5.48. The summed E-state index contributed by atoms with van der Waals surface area (Å²) in [4.78, 5) is 16.4. The molecule has 0 unspecified atom stereocenters. The Kier molecular flexibility index (Phi) is 3.66. The van der Waals surface area contributed by atoms with E-state index < -0.39 is 0 Å². The molecule has 0 aromatic carbocycles. The van der Waals surface area contributed by atoms with Gasteiger partial charge in [0.25, 0.3) is 0 Å². The summed E-state index contributed by atoms with van der Waals surface area (Å²) in [5, 5.41) is 0. The lowest BCUT2D eigenvalue weighted by Gasteiger charge is -2.32. The molecule has 2 aliphatic heterocycles. The van der Waals surface area contributed by atoms with Crippen LogP contribution >= 0.6 is 0 Å². The van der Waals surface area contributed by atoms with E-state index in [0.717, 1.165) is 26.2 Å². The van der Waals surface area contributed by atoms with Gasteiger partial charge >= 0.3 is 0 Å². The molecule has 3 rings (SSSR count). The summed E-state index contributed by atoms with van der Waals surface area (Å²) >= 11 is 0. The lowest BCUT2D eigenvalue weighted by atomic mass is 10.0. The summed E-state index contributed by atoms with van der Waals surface area (Å²) in [6.45, 7) is 5.65. The highest BCUT2D eigenvalue weighted by Gasteiger charge is 2.24. The van der Waals surface area contributed by atoms with Crippen molar-refractivity contribution < 1.29 is 9.53 Å². The molecule has 0 N–H and O–H groups in total. The molecule has 0 radical (unpaired) electrons. The molecule has 18 heavy (non-hydrogen) atoms. The van der Waals surface area contributed by atoms with E-state index in [2.05, 4.69) is 4.90 Å². The van der Waals surface area contributed by atoms with E-state index in [1.165, 1.54) is 25.7 Å². The fourth-order valence-electron chi connectivity index (χ4n) is 2.85. The Morgan fingerprint density at radius 3 is 2.17 bits per heavy atom. The van der Waals surface area contributed by atoms with Crippen LogP contribution in [0.5, 0.6) is 0 Å². The number of amides is 1. The summed E-state index contributed by atoms with van der Waals surface area (Å²) in [6.07, 6.45) is 5.04. The molecule has 0 atom stereocenters. The Bertz CT molecular complexity index is 343. The fourth-order valence-corrected chi connectivity index (χ4v) is 2.85. The number of carbonyl (C=O) groups is 1. The molecule has 0 spiro atoms. The van der Waals surface area contributed by atoms with Crippen molar-refractivity contribution in [1.29, 1.82) is 0 Å². The summed E-state index contributed by atoms with van der Waals surface area (Å²) in [7, 11) is 0. The molecule has 1 aliphatic carbocycles. The molecular formula is C14H22N2O2. The molecule has 1 amide bonds. The Balaban J connectivity index is 1.45. The van der Waals surface area contributed by atoms with Crippen LogP contribution in [0.4, 0.5) is 0 Å². The number of piperidine rings is 1. The minimum atomic E-state index is 0.279. The lowest BCUT2D eigenvalue weighted by molar-refractivity contribution is -0.136. The number of morpholine rings is 1. The van der Waals surface area contributed by atoms with Crippen LogP contribution in [0.2, 0.25) is 0 Å². The van der Waals surface area contributed by atoms with E-state index in [4.69, 9.17) is 4.74 Å². The first-order valence-corrected chi connectivity index (χ1v) is 7.10. The van der Waals surface area contributed by atoms with Gasteiger partial charge in [-0.05, 0) is 25.7 Å². The number of hydrogen-bond acceptors (Lipinski definition) is 3. The highest BCUT2D eigenvalue weighted by Crippen LogP contribution is 2.35. The van der Waals surface area contributed by atoms with Crippen molar-refractivity contribution in [1.82, 2.24) is 9.80 Å². The molecule has 3 fully saturated rings. The minimum Gasteiger partial charge on any atom is -0.378 e. The number of carbonyl (C=O) groups excluding carboxylic acids is 1. The summed E-state index contributed by atoms with van der Waals surface area (Å²) in [5.41, 5.74) is 3.39. The van der Waals surface area contributed by atoms with Crippen molar-refractivity contribution in [3.05, 3.63) is 11.1 Å². The smallest absolute Gasteiger partial charge is 0.236 e. The molecule has 0 aromatic heterocycles. The maximum atomic E-state index is 12.1. The Morgan fingerprint density at radius 1 is 0.944 bits per heavy atom. The van der Waals surface area contributed by atoms with Crippen LogP contribution < -0.4 is 0 Å². The van der Waals surface area contributed by atoms with E-state index >= 15 is 0 Å². The van der Waals surface area contributed by atoms with E-state index in [1.807, 2.05) is 4.90 Å². The van der Waals surface area contributed by atoms with Gasteiger partial charge < -0.3 is 9.64 Å². The monoisotopic (exact) mass is 250 g/mol.